The van der Waals surface area contributed by atoms with Crippen molar-refractivity contribution < 1.29 is 9.84 Å². The maximum atomic E-state index is 9.40. The molecular weight excluding hydrogens is 190 g/mol. The van der Waals surface area contributed by atoms with Crippen molar-refractivity contribution in [2.45, 2.75) is 25.8 Å². The Morgan fingerprint density at radius 3 is 3.00 bits per heavy atom. The lowest BCUT2D eigenvalue weighted by atomic mass is 10.1. The van der Waals surface area contributed by atoms with Crippen LogP contribution in [0.2, 0.25) is 0 Å². The van der Waals surface area contributed by atoms with Crippen LogP contribution in [0.1, 0.15) is 18.4 Å². The Bertz CT molecular complexity index is 332. The number of rotatable bonds is 2. The summed E-state index contributed by atoms with van der Waals surface area (Å²) in [5.41, 5.74) is 1.96. The molecule has 2 N–H and O–H groups in total. The van der Waals surface area contributed by atoms with Gasteiger partial charge in [-0.2, -0.15) is 0 Å². The molecular formula is C12H17NO2. The first-order valence-corrected chi connectivity index (χ1v) is 5.39. The van der Waals surface area contributed by atoms with E-state index in [4.69, 9.17) is 4.74 Å². The van der Waals surface area contributed by atoms with Crippen molar-refractivity contribution in [3.05, 3.63) is 23.8 Å². The van der Waals surface area contributed by atoms with Crippen LogP contribution in [0, 0.1) is 6.92 Å². The highest BCUT2D eigenvalue weighted by Gasteiger charge is 2.13. The first-order chi connectivity index (χ1) is 7.25. The van der Waals surface area contributed by atoms with Crippen molar-refractivity contribution in [2.75, 3.05) is 18.5 Å². The third-order valence-corrected chi connectivity index (χ3v) is 2.73. The molecule has 1 heterocycles. The summed E-state index contributed by atoms with van der Waals surface area (Å²) in [5.74, 6) is 0.348. The molecule has 0 aliphatic carbocycles. The second-order valence-corrected chi connectivity index (χ2v) is 4.06. The Labute approximate surface area is 90.1 Å². The van der Waals surface area contributed by atoms with Crippen molar-refractivity contribution in [3.8, 4) is 5.75 Å². The standard InChI is InChI=1S/C12H17NO2/c1-9-7-10(4-5-12(9)14)13-11-3-2-6-15-8-11/h4-5,7,11,13-14H,2-3,6,8H2,1H3. The number of aryl methyl sites for hydroxylation is 1. The number of ether oxygens (including phenoxy) is 1. The number of phenolic OH excluding ortho intramolecular Hbond substituents is 1. The molecule has 2 rings (SSSR count). The number of hydrogen-bond donors (Lipinski definition) is 2. The number of phenols is 1. The highest BCUT2D eigenvalue weighted by molar-refractivity contribution is 5.50. The van der Waals surface area contributed by atoms with Crippen molar-refractivity contribution in [1.82, 2.24) is 0 Å². The number of aromatic hydroxyl groups is 1. The highest BCUT2D eigenvalue weighted by Crippen LogP contribution is 2.21. The fourth-order valence-corrected chi connectivity index (χ4v) is 1.84. The summed E-state index contributed by atoms with van der Waals surface area (Å²) in [5, 5.41) is 12.8. The smallest absolute Gasteiger partial charge is 0.118 e. The van der Waals surface area contributed by atoms with Crippen LogP contribution in [0.3, 0.4) is 0 Å². The quantitative estimate of drug-likeness (QED) is 0.731. The molecule has 3 nitrogen and oxygen atoms in total. The molecule has 1 saturated heterocycles. The van der Waals surface area contributed by atoms with Gasteiger partial charge in [0.2, 0.25) is 0 Å². The van der Waals surface area contributed by atoms with E-state index in [1.165, 1.54) is 0 Å². The van der Waals surface area contributed by atoms with Crippen molar-refractivity contribution >= 4 is 5.69 Å². The normalized spacial score (nSPS) is 21.3. The summed E-state index contributed by atoms with van der Waals surface area (Å²) in [6.45, 7) is 3.56. The van der Waals surface area contributed by atoms with Gasteiger partial charge >= 0.3 is 0 Å². The van der Waals surface area contributed by atoms with Gasteiger partial charge in [-0.1, -0.05) is 0 Å². The van der Waals surface area contributed by atoms with Gasteiger partial charge in [0.15, 0.2) is 0 Å². The van der Waals surface area contributed by atoms with E-state index in [0.29, 0.717) is 11.8 Å². The maximum absolute atomic E-state index is 9.40. The van der Waals surface area contributed by atoms with Crippen LogP contribution in [0.25, 0.3) is 0 Å². The Hall–Kier alpha value is -1.22. The topological polar surface area (TPSA) is 41.5 Å². The molecule has 1 fully saturated rings. The molecule has 0 aromatic heterocycles. The molecule has 15 heavy (non-hydrogen) atoms. The van der Waals surface area contributed by atoms with Crippen LogP contribution in [0.15, 0.2) is 18.2 Å². The van der Waals surface area contributed by atoms with Crippen LogP contribution in [-0.2, 0) is 4.74 Å². The SMILES string of the molecule is Cc1cc(NC2CCCOC2)ccc1O. The largest absolute Gasteiger partial charge is 0.508 e. The van der Waals surface area contributed by atoms with Crippen LogP contribution < -0.4 is 5.32 Å². The molecule has 1 aliphatic heterocycles. The molecule has 1 aromatic rings. The summed E-state index contributed by atoms with van der Waals surface area (Å²) in [7, 11) is 0. The maximum Gasteiger partial charge on any atom is 0.118 e. The van der Waals surface area contributed by atoms with Crippen molar-refractivity contribution in [2.24, 2.45) is 0 Å². The predicted octanol–water partition coefficient (Wildman–Crippen LogP) is 2.29. The zero-order valence-corrected chi connectivity index (χ0v) is 8.99. The minimum atomic E-state index is 0.348. The molecule has 1 aliphatic rings. The van der Waals surface area contributed by atoms with E-state index in [1.54, 1.807) is 6.07 Å². The van der Waals surface area contributed by atoms with Gasteiger partial charge in [-0.15, -0.1) is 0 Å². The molecule has 0 radical (unpaired) electrons. The van der Waals surface area contributed by atoms with Crippen LogP contribution in [0.5, 0.6) is 5.75 Å². The number of nitrogens with one attached hydrogen (secondary N) is 1. The minimum Gasteiger partial charge on any atom is -0.508 e. The fraction of sp³-hybridized carbons (Fsp3) is 0.500. The van der Waals surface area contributed by atoms with E-state index in [9.17, 15) is 5.11 Å². The van der Waals surface area contributed by atoms with Crippen molar-refractivity contribution in [3.63, 3.8) is 0 Å². The lowest BCUT2D eigenvalue weighted by Gasteiger charge is -2.24. The molecule has 0 saturated carbocycles. The van der Waals surface area contributed by atoms with E-state index in [1.807, 2.05) is 19.1 Å². The lowest BCUT2D eigenvalue weighted by molar-refractivity contribution is 0.0876. The third-order valence-electron chi connectivity index (χ3n) is 2.73. The molecule has 82 valence electrons. The van der Waals surface area contributed by atoms with E-state index in [-0.39, 0.29) is 0 Å². The second kappa shape index (κ2) is 4.53. The Kier molecular flexibility index (Phi) is 3.11. The summed E-state index contributed by atoms with van der Waals surface area (Å²) in [6.07, 6.45) is 2.27. The fourth-order valence-electron chi connectivity index (χ4n) is 1.84. The first kappa shape index (κ1) is 10.3. The van der Waals surface area contributed by atoms with Gasteiger partial charge in [-0.25, -0.2) is 0 Å². The lowest BCUT2D eigenvalue weighted by Crippen LogP contribution is -2.29. The minimum absolute atomic E-state index is 0.348. The summed E-state index contributed by atoms with van der Waals surface area (Å²) < 4.78 is 5.40. The molecule has 1 atom stereocenters. The van der Waals surface area contributed by atoms with Crippen LogP contribution in [-0.4, -0.2) is 24.4 Å². The molecule has 0 spiro atoms. The van der Waals surface area contributed by atoms with Gasteiger partial charge < -0.3 is 15.2 Å². The first-order valence-electron chi connectivity index (χ1n) is 5.39. The molecule has 3 heteroatoms. The van der Waals surface area contributed by atoms with E-state index >= 15 is 0 Å². The Morgan fingerprint density at radius 2 is 2.33 bits per heavy atom. The van der Waals surface area contributed by atoms with Gasteiger partial charge in [0.1, 0.15) is 5.75 Å². The Morgan fingerprint density at radius 1 is 1.47 bits per heavy atom. The number of benzene rings is 1. The zero-order chi connectivity index (χ0) is 10.7. The van der Waals surface area contributed by atoms with Crippen LogP contribution >= 0.6 is 0 Å². The molecule has 0 bridgehead atoms. The third kappa shape index (κ3) is 2.63. The van der Waals surface area contributed by atoms with Gasteiger partial charge in [0, 0.05) is 18.3 Å². The van der Waals surface area contributed by atoms with E-state index in [0.717, 1.165) is 37.3 Å². The van der Waals surface area contributed by atoms with E-state index in [2.05, 4.69) is 5.32 Å². The van der Waals surface area contributed by atoms with Gasteiger partial charge in [0.05, 0.1) is 6.61 Å². The average Bonchev–Trinajstić information content (AvgIpc) is 2.25. The Balaban J connectivity index is 2.00. The zero-order valence-electron chi connectivity index (χ0n) is 8.99. The number of hydrogen-bond acceptors (Lipinski definition) is 3. The summed E-state index contributed by atoms with van der Waals surface area (Å²) >= 11 is 0. The monoisotopic (exact) mass is 207 g/mol. The van der Waals surface area contributed by atoms with Gasteiger partial charge in [0.25, 0.3) is 0 Å². The average molecular weight is 207 g/mol. The summed E-state index contributed by atoms with van der Waals surface area (Å²) in [6, 6.07) is 5.99. The van der Waals surface area contributed by atoms with Gasteiger partial charge in [-0.05, 0) is 43.5 Å². The van der Waals surface area contributed by atoms with E-state index < -0.39 is 0 Å². The van der Waals surface area contributed by atoms with Crippen molar-refractivity contribution in [1.29, 1.82) is 0 Å². The predicted molar refractivity (Wildman–Crippen MR) is 60.3 cm³/mol. The van der Waals surface area contributed by atoms with Gasteiger partial charge in [-0.3, -0.25) is 0 Å². The molecule has 1 unspecified atom stereocenters. The summed E-state index contributed by atoms with van der Waals surface area (Å²) in [4.78, 5) is 0. The second-order valence-electron chi connectivity index (χ2n) is 4.06. The molecule has 1 aromatic carbocycles. The van der Waals surface area contributed by atoms with Crippen LogP contribution in [0.4, 0.5) is 5.69 Å². The number of anilines is 1. The molecule has 0 amide bonds. The highest BCUT2D eigenvalue weighted by atomic mass is 16.5.